The third kappa shape index (κ3) is 5.61. The molecule has 2 N–H and O–H groups in total. The highest BCUT2D eigenvalue weighted by Crippen LogP contribution is 2.43. The lowest BCUT2D eigenvalue weighted by molar-refractivity contribution is -0.130. The second-order valence-electron chi connectivity index (χ2n) is 11.7. The Hall–Kier alpha value is -2.98. The first-order valence-corrected chi connectivity index (χ1v) is 14.2. The smallest absolute Gasteiger partial charge is 0.407 e. The summed E-state index contributed by atoms with van der Waals surface area (Å²) in [6.07, 6.45) is -1.09. The van der Waals surface area contributed by atoms with Crippen molar-refractivity contribution in [2.45, 2.75) is 63.7 Å². The fourth-order valence-corrected chi connectivity index (χ4v) is 6.29. The molecule has 2 aromatic carbocycles. The average Bonchev–Trinajstić information content (AvgIpc) is 3.61. The molecular weight excluding hydrogens is 510 g/mol. The Bertz CT molecular complexity index is 1190. The van der Waals surface area contributed by atoms with Crippen molar-refractivity contribution in [3.05, 3.63) is 65.7 Å². The number of anilines is 1. The van der Waals surface area contributed by atoms with Crippen molar-refractivity contribution in [1.82, 2.24) is 10.2 Å². The van der Waals surface area contributed by atoms with Crippen molar-refractivity contribution in [3.8, 4) is 0 Å². The monoisotopic (exact) mass is 551 g/mol. The molecule has 0 aliphatic carbocycles. The zero-order valence-corrected chi connectivity index (χ0v) is 23.8. The van der Waals surface area contributed by atoms with E-state index in [4.69, 9.17) is 14.2 Å². The van der Waals surface area contributed by atoms with Crippen LogP contribution in [0.4, 0.5) is 10.5 Å². The third-order valence-corrected chi connectivity index (χ3v) is 8.45. The summed E-state index contributed by atoms with van der Waals surface area (Å²) >= 11 is 0. The Balaban J connectivity index is 1.37. The van der Waals surface area contributed by atoms with Crippen LogP contribution < -0.4 is 10.2 Å². The van der Waals surface area contributed by atoms with Crippen molar-refractivity contribution < 1.29 is 28.9 Å². The van der Waals surface area contributed by atoms with Gasteiger partial charge in [0.25, 0.3) is 5.91 Å². The topological polar surface area (TPSA) is 101 Å². The lowest BCUT2D eigenvalue weighted by Gasteiger charge is -2.40. The first-order valence-electron chi connectivity index (χ1n) is 14.2. The van der Waals surface area contributed by atoms with Gasteiger partial charge in [0, 0.05) is 31.4 Å². The van der Waals surface area contributed by atoms with E-state index in [0.29, 0.717) is 26.2 Å². The molecule has 3 aliphatic rings. The largest absolute Gasteiger partial charge is 0.443 e. The first kappa shape index (κ1) is 28.5. The van der Waals surface area contributed by atoms with Gasteiger partial charge in [-0.25, -0.2) is 4.79 Å². The number of fused-ring (bicyclic) bond motifs is 2. The second kappa shape index (κ2) is 11.9. The van der Waals surface area contributed by atoms with Crippen molar-refractivity contribution in [3.63, 3.8) is 0 Å². The number of ether oxygens (including phenoxy) is 3. The van der Waals surface area contributed by atoms with Crippen LogP contribution in [0, 0.1) is 11.8 Å². The molecule has 0 radical (unpaired) electrons. The van der Waals surface area contributed by atoms with Gasteiger partial charge in [-0.15, -0.1) is 0 Å². The number of amides is 2. The van der Waals surface area contributed by atoms with Crippen molar-refractivity contribution in [2.24, 2.45) is 11.8 Å². The van der Waals surface area contributed by atoms with Gasteiger partial charge in [0.2, 0.25) is 0 Å². The summed E-state index contributed by atoms with van der Waals surface area (Å²) in [5.74, 6) is 0.225. The number of hydrogen-bond acceptors (Lipinski definition) is 7. The number of carbonyl (C=O) groups excluding carboxylic acids is 2. The molecule has 3 heterocycles. The molecule has 40 heavy (non-hydrogen) atoms. The van der Waals surface area contributed by atoms with E-state index in [1.165, 1.54) is 0 Å². The lowest BCUT2D eigenvalue weighted by atomic mass is 9.89. The molecule has 0 bridgehead atoms. The number of para-hydroxylation sites is 1. The average molecular weight is 552 g/mol. The number of hydrogen-bond donors (Lipinski definition) is 2. The van der Waals surface area contributed by atoms with E-state index >= 15 is 0 Å². The van der Waals surface area contributed by atoms with Gasteiger partial charge in [0.15, 0.2) is 6.29 Å². The molecule has 2 saturated heterocycles. The van der Waals surface area contributed by atoms with Crippen LogP contribution in [0.15, 0.2) is 54.6 Å². The van der Waals surface area contributed by atoms with Crippen molar-refractivity contribution >= 4 is 17.7 Å². The Labute approximate surface area is 236 Å². The molecule has 3 aliphatic heterocycles. The van der Waals surface area contributed by atoms with Gasteiger partial charge < -0.3 is 29.5 Å². The SMILES string of the molecule is CC(C)CN(C[C@@H](O)[C@H](Cc1ccccc1)NC(=O)O[C@H]1CO[C@H]2OCC[C@H]21)C1(C)C(=O)N(C)c2ccccc21. The number of nitrogens with one attached hydrogen (secondary N) is 1. The van der Waals surface area contributed by atoms with Gasteiger partial charge in [-0.1, -0.05) is 62.4 Å². The molecule has 1 unspecified atom stereocenters. The normalized spacial score (nSPS) is 27.1. The Kier molecular flexibility index (Phi) is 8.47. The number of benzene rings is 2. The van der Waals surface area contributed by atoms with Crippen LogP contribution in [0.5, 0.6) is 0 Å². The predicted octanol–water partition coefficient (Wildman–Crippen LogP) is 3.30. The van der Waals surface area contributed by atoms with Gasteiger partial charge in [0.1, 0.15) is 11.6 Å². The molecule has 9 heteroatoms. The van der Waals surface area contributed by atoms with E-state index in [0.717, 1.165) is 23.2 Å². The van der Waals surface area contributed by atoms with Crippen LogP contribution in [-0.2, 0) is 31.0 Å². The molecule has 0 spiro atoms. The fraction of sp³-hybridized carbons (Fsp3) is 0.548. The maximum absolute atomic E-state index is 13.7. The number of nitrogens with zero attached hydrogens (tertiary/aromatic N) is 2. The first-order chi connectivity index (χ1) is 19.2. The molecule has 5 rings (SSSR count). The van der Waals surface area contributed by atoms with Crippen LogP contribution in [0.2, 0.25) is 0 Å². The van der Waals surface area contributed by atoms with Crippen LogP contribution in [-0.4, -0.2) is 79.9 Å². The third-order valence-electron chi connectivity index (χ3n) is 8.45. The summed E-state index contributed by atoms with van der Waals surface area (Å²) in [7, 11) is 1.79. The van der Waals surface area contributed by atoms with E-state index in [1.54, 1.807) is 11.9 Å². The molecule has 0 aromatic heterocycles. The lowest BCUT2D eigenvalue weighted by Crippen LogP contribution is -2.57. The summed E-state index contributed by atoms with van der Waals surface area (Å²) in [6, 6.07) is 16.9. The molecule has 9 nitrogen and oxygen atoms in total. The van der Waals surface area contributed by atoms with Crippen LogP contribution in [0.25, 0.3) is 0 Å². The van der Waals surface area contributed by atoms with E-state index in [1.807, 2.05) is 61.5 Å². The minimum Gasteiger partial charge on any atom is -0.443 e. The maximum atomic E-state index is 13.7. The van der Waals surface area contributed by atoms with Crippen LogP contribution >= 0.6 is 0 Å². The van der Waals surface area contributed by atoms with Gasteiger partial charge in [-0.3, -0.25) is 9.69 Å². The molecule has 216 valence electrons. The van der Waals surface area contributed by atoms with Gasteiger partial charge in [-0.05, 0) is 37.3 Å². The van der Waals surface area contributed by atoms with Crippen molar-refractivity contribution in [1.29, 1.82) is 0 Å². The molecule has 2 amide bonds. The second-order valence-corrected chi connectivity index (χ2v) is 11.7. The highest BCUT2D eigenvalue weighted by Gasteiger charge is 2.51. The number of aliphatic hydroxyl groups is 1. The van der Waals surface area contributed by atoms with Crippen LogP contribution in [0.1, 0.15) is 38.3 Å². The Morgan fingerprint density at radius 2 is 1.88 bits per heavy atom. The molecule has 2 aromatic rings. The highest BCUT2D eigenvalue weighted by molar-refractivity contribution is 6.07. The van der Waals surface area contributed by atoms with E-state index in [2.05, 4.69) is 24.1 Å². The summed E-state index contributed by atoms with van der Waals surface area (Å²) in [4.78, 5) is 30.6. The Morgan fingerprint density at radius 3 is 2.62 bits per heavy atom. The van der Waals surface area contributed by atoms with Crippen molar-refractivity contribution in [2.75, 3.05) is 38.3 Å². The van der Waals surface area contributed by atoms with E-state index in [-0.39, 0.29) is 36.7 Å². The minimum atomic E-state index is -0.975. The summed E-state index contributed by atoms with van der Waals surface area (Å²) in [5, 5.41) is 14.7. The number of likely N-dealkylation sites (N-methyl/N-ethyl adjacent to an activating group) is 1. The highest BCUT2D eigenvalue weighted by atomic mass is 16.7. The fourth-order valence-electron chi connectivity index (χ4n) is 6.29. The minimum absolute atomic E-state index is 0.0233. The molecule has 0 saturated carbocycles. The number of rotatable bonds is 10. The summed E-state index contributed by atoms with van der Waals surface area (Å²) in [6.45, 7) is 7.79. The standard InChI is InChI=1S/C31H41N3O6/c1-20(2)17-34(31(3)23-12-8-9-13-25(23)33(4)29(31)36)18-26(35)24(16-21-10-6-5-7-11-21)32-30(37)40-27-19-39-28-22(27)14-15-38-28/h5-13,20,22,24,26-28,35H,14-19H2,1-4H3,(H,32,37)/t22-,24-,26+,27-,28+,31?/m0/s1. The molecule has 2 fully saturated rings. The predicted molar refractivity (Wildman–Crippen MR) is 151 cm³/mol. The molecular formula is C31H41N3O6. The number of aliphatic hydroxyl groups excluding tert-OH is 1. The molecule has 6 atom stereocenters. The number of carbonyl (C=O) groups is 2. The summed E-state index contributed by atoms with van der Waals surface area (Å²) in [5.41, 5.74) is 1.81. The zero-order valence-electron chi connectivity index (χ0n) is 23.8. The Morgan fingerprint density at radius 1 is 1.15 bits per heavy atom. The maximum Gasteiger partial charge on any atom is 0.407 e. The quantitative estimate of drug-likeness (QED) is 0.467. The van der Waals surface area contributed by atoms with Gasteiger partial charge in [-0.2, -0.15) is 0 Å². The van der Waals surface area contributed by atoms with Gasteiger partial charge in [0.05, 0.1) is 31.3 Å². The van der Waals surface area contributed by atoms with Crippen LogP contribution in [0.3, 0.4) is 0 Å². The zero-order chi connectivity index (χ0) is 28.4. The number of alkyl carbamates (subject to hydrolysis) is 1. The van der Waals surface area contributed by atoms with E-state index < -0.39 is 23.8 Å². The summed E-state index contributed by atoms with van der Waals surface area (Å²) < 4.78 is 16.9. The van der Waals surface area contributed by atoms with Gasteiger partial charge >= 0.3 is 6.09 Å². The van der Waals surface area contributed by atoms with E-state index in [9.17, 15) is 14.7 Å².